The normalized spacial score (nSPS) is 17.5. The van der Waals surface area contributed by atoms with Gasteiger partial charge in [-0.25, -0.2) is 9.97 Å². The highest BCUT2D eigenvalue weighted by Gasteiger charge is 2.23. The number of piperidine rings is 1. The van der Waals surface area contributed by atoms with E-state index in [2.05, 4.69) is 20.2 Å². The molecule has 6 heteroatoms. The summed E-state index contributed by atoms with van der Waals surface area (Å²) in [6, 6.07) is 2.08. The van der Waals surface area contributed by atoms with Crippen molar-refractivity contribution in [1.82, 2.24) is 15.3 Å². The van der Waals surface area contributed by atoms with Crippen LogP contribution >= 0.6 is 0 Å². The number of anilines is 1. The molecule has 3 N–H and O–H groups in total. The van der Waals surface area contributed by atoms with Gasteiger partial charge in [-0.1, -0.05) is 6.92 Å². The van der Waals surface area contributed by atoms with Gasteiger partial charge in [0.15, 0.2) is 0 Å². The Labute approximate surface area is 126 Å². The average Bonchev–Trinajstić information content (AvgIpc) is 2.54. The van der Waals surface area contributed by atoms with Gasteiger partial charge in [-0.3, -0.25) is 4.79 Å². The van der Waals surface area contributed by atoms with Crippen LogP contribution in [0.3, 0.4) is 0 Å². The molecular formula is C15H25N5O. The van der Waals surface area contributed by atoms with Gasteiger partial charge in [0.2, 0.25) is 11.9 Å². The van der Waals surface area contributed by atoms with Crippen LogP contribution in [0.4, 0.5) is 5.95 Å². The monoisotopic (exact) mass is 291 g/mol. The number of amides is 1. The Bertz CT molecular complexity index is 431. The summed E-state index contributed by atoms with van der Waals surface area (Å²) in [7, 11) is 0. The zero-order valence-electron chi connectivity index (χ0n) is 12.7. The van der Waals surface area contributed by atoms with E-state index in [1.165, 1.54) is 0 Å². The van der Waals surface area contributed by atoms with Crippen LogP contribution in [0.2, 0.25) is 0 Å². The lowest BCUT2D eigenvalue weighted by Gasteiger charge is -2.32. The molecule has 1 unspecified atom stereocenters. The van der Waals surface area contributed by atoms with Crippen LogP contribution in [0, 0.1) is 5.92 Å². The Balaban J connectivity index is 1.75. The average molecular weight is 291 g/mol. The van der Waals surface area contributed by atoms with E-state index in [0.717, 1.165) is 44.7 Å². The van der Waals surface area contributed by atoms with Crippen molar-refractivity contribution in [2.24, 2.45) is 11.7 Å². The number of carbonyl (C=O) groups is 1. The second-order valence-corrected chi connectivity index (χ2v) is 5.65. The Kier molecular flexibility index (Phi) is 5.92. The number of carbonyl (C=O) groups excluding carboxylic acids is 1. The quantitative estimate of drug-likeness (QED) is 0.815. The number of aromatic nitrogens is 2. The summed E-state index contributed by atoms with van der Waals surface area (Å²) in [6.45, 7) is 4.38. The van der Waals surface area contributed by atoms with Crippen LogP contribution in [0.5, 0.6) is 0 Å². The van der Waals surface area contributed by atoms with Crippen molar-refractivity contribution in [3.63, 3.8) is 0 Å². The van der Waals surface area contributed by atoms with Crippen LogP contribution < -0.4 is 16.0 Å². The van der Waals surface area contributed by atoms with Crippen LogP contribution in [-0.2, 0) is 4.79 Å². The largest absolute Gasteiger partial charge is 0.353 e. The van der Waals surface area contributed by atoms with Gasteiger partial charge in [-0.15, -0.1) is 0 Å². The van der Waals surface area contributed by atoms with E-state index < -0.39 is 0 Å². The minimum Gasteiger partial charge on any atom is -0.353 e. The zero-order chi connectivity index (χ0) is 15.1. The van der Waals surface area contributed by atoms with Crippen molar-refractivity contribution in [2.75, 3.05) is 24.5 Å². The van der Waals surface area contributed by atoms with E-state index in [1.807, 2.05) is 13.0 Å². The summed E-state index contributed by atoms with van der Waals surface area (Å²) in [5.74, 6) is 0.973. The first kappa shape index (κ1) is 15.7. The maximum atomic E-state index is 12.1. The molecule has 0 aliphatic carbocycles. The van der Waals surface area contributed by atoms with Gasteiger partial charge >= 0.3 is 0 Å². The van der Waals surface area contributed by atoms with E-state index in [9.17, 15) is 4.79 Å². The minimum absolute atomic E-state index is 0.0454. The summed E-state index contributed by atoms with van der Waals surface area (Å²) in [4.78, 5) is 22.8. The first-order valence-corrected chi connectivity index (χ1v) is 7.73. The Morgan fingerprint density at radius 3 is 2.71 bits per heavy atom. The van der Waals surface area contributed by atoms with Gasteiger partial charge in [-0.2, -0.15) is 0 Å². The van der Waals surface area contributed by atoms with Gasteiger partial charge in [-0.05, 0) is 38.3 Å². The predicted octanol–water partition coefficient (Wildman–Crippen LogP) is 0.937. The Morgan fingerprint density at radius 1 is 1.43 bits per heavy atom. The predicted molar refractivity (Wildman–Crippen MR) is 82.9 cm³/mol. The van der Waals surface area contributed by atoms with Crippen LogP contribution in [-0.4, -0.2) is 41.6 Å². The Morgan fingerprint density at radius 2 is 2.10 bits per heavy atom. The molecule has 0 bridgehead atoms. The van der Waals surface area contributed by atoms with Crippen molar-refractivity contribution in [2.45, 2.75) is 38.6 Å². The van der Waals surface area contributed by atoms with Gasteiger partial charge in [0.05, 0.1) is 0 Å². The molecule has 21 heavy (non-hydrogen) atoms. The molecule has 1 aliphatic rings. The van der Waals surface area contributed by atoms with Crippen LogP contribution in [0.25, 0.3) is 0 Å². The number of rotatable bonds is 6. The number of nitrogens with two attached hydrogens (primary N) is 1. The molecule has 6 nitrogen and oxygen atoms in total. The van der Waals surface area contributed by atoms with Gasteiger partial charge in [0, 0.05) is 37.4 Å². The standard InChI is InChI=1S/C15H25N5O/c1-12(4-2-7-16)14(21)19-13-5-10-20(11-6-13)15-17-8-3-9-18-15/h3,8-9,12-13H,2,4-7,10-11,16H2,1H3,(H,19,21). The number of nitrogens with zero attached hydrogens (tertiary/aromatic N) is 3. The summed E-state index contributed by atoms with van der Waals surface area (Å²) in [5.41, 5.74) is 5.48. The molecule has 0 radical (unpaired) electrons. The molecule has 1 fully saturated rings. The molecule has 0 saturated carbocycles. The van der Waals surface area contributed by atoms with Crippen LogP contribution in [0.1, 0.15) is 32.6 Å². The third kappa shape index (κ3) is 4.67. The van der Waals surface area contributed by atoms with Gasteiger partial charge in [0.1, 0.15) is 0 Å². The minimum atomic E-state index is 0.0454. The summed E-state index contributed by atoms with van der Waals surface area (Å²) >= 11 is 0. The third-order valence-corrected chi connectivity index (χ3v) is 3.97. The third-order valence-electron chi connectivity index (χ3n) is 3.97. The number of hydrogen-bond donors (Lipinski definition) is 2. The molecule has 116 valence electrons. The SMILES string of the molecule is CC(CCCN)C(=O)NC1CCN(c2ncccn2)CC1. The highest BCUT2D eigenvalue weighted by molar-refractivity contribution is 5.78. The van der Waals surface area contributed by atoms with Crippen molar-refractivity contribution in [3.05, 3.63) is 18.5 Å². The first-order chi connectivity index (χ1) is 10.2. The van der Waals surface area contributed by atoms with Crippen LogP contribution in [0.15, 0.2) is 18.5 Å². The lowest BCUT2D eigenvalue weighted by atomic mass is 10.0. The van der Waals surface area contributed by atoms with E-state index >= 15 is 0 Å². The highest BCUT2D eigenvalue weighted by Crippen LogP contribution is 2.16. The fourth-order valence-electron chi connectivity index (χ4n) is 2.58. The summed E-state index contributed by atoms with van der Waals surface area (Å²) in [6.07, 6.45) is 7.16. The van der Waals surface area contributed by atoms with E-state index in [-0.39, 0.29) is 17.9 Å². The fourth-order valence-corrected chi connectivity index (χ4v) is 2.58. The molecule has 0 aromatic carbocycles. The lowest BCUT2D eigenvalue weighted by Crippen LogP contribution is -2.46. The molecule has 2 heterocycles. The molecular weight excluding hydrogens is 266 g/mol. The first-order valence-electron chi connectivity index (χ1n) is 7.73. The summed E-state index contributed by atoms with van der Waals surface area (Å²) < 4.78 is 0. The number of nitrogens with one attached hydrogen (secondary N) is 1. The molecule has 1 aromatic heterocycles. The topological polar surface area (TPSA) is 84.1 Å². The molecule has 2 rings (SSSR count). The maximum Gasteiger partial charge on any atom is 0.225 e. The van der Waals surface area contributed by atoms with Crippen molar-refractivity contribution in [3.8, 4) is 0 Å². The fraction of sp³-hybridized carbons (Fsp3) is 0.667. The van der Waals surface area contributed by atoms with Crippen molar-refractivity contribution in [1.29, 1.82) is 0 Å². The van der Waals surface area contributed by atoms with E-state index in [1.54, 1.807) is 12.4 Å². The summed E-state index contributed by atoms with van der Waals surface area (Å²) in [5, 5.41) is 3.15. The number of hydrogen-bond acceptors (Lipinski definition) is 5. The smallest absolute Gasteiger partial charge is 0.225 e. The second kappa shape index (κ2) is 7.93. The molecule has 1 atom stereocenters. The molecule has 1 aromatic rings. The lowest BCUT2D eigenvalue weighted by molar-refractivity contribution is -0.125. The highest BCUT2D eigenvalue weighted by atomic mass is 16.1. The molecule has 1 aliphatic heterocycles. The van der Waals surface area contributed by atoms with Gasteiger partial charge < -0.3 is 16.0 Å². The van der Waals surface area contributed by atoms with Crippen molar-refractivity contribution >= 4 is 11.9 Å². The molecule has 1 saturated heterocycles. The second-order valence-electron chi connectivity index (χ2n) is 5.65. The molecule has 0 spiro atoms. The van der Waals surface area contributed by atoms with Gasteiger partial charge in [0.25, 0.3) is 0 Å². The van der Waals surface area contributed by atoms with E-state index in [4.69, 9.17) is 5.73 Å². The molecule has 1 amide bonds. The van der Waals surface area contributed by atoms with E-state index in [0.29, 0.717) is 6.54 Å². The maximum absolute atomic E-state index is 12.1. The Hall–Kier alpha value is -1.69. The zero-order valence-corrected chi connectivity index (χ0v) is 12.7. The van der Waals surface area contributed by atoms with Crippen molar-refractivity contribution < 1.29 is 4.79 Å².